The lowest BCUT2D eigenvalue weighted by Crippen LogP contribution is -2.32. The molecule has 1 aromatic carbocycles. The van der Waals surface area contributed by atoms with Crippen LogP contribution >= 0.6 is 11.8 Å². The van der Waals surface area contributed by atoms with Crippen molar-refractivity contribution in [3.05, 3.63) is 30.3 Å². The molecule has 1 aromatic rings. The first-order valence-electron chi connectivity index (χ1n) is 6.78. The maximum absolute atomic E-state index is 3.59. The lowest BCUT2D eigenvalue weighted by atomic mass is 10.2. The molecule has 0 aliphatic rings. The summed E-state index contributed by atoms with van der Waals surface area (Å²) in [5.41, 5.74) is 0. The molecule has 0 aliphatic heterocycles. The van der Waals surface area contributed by atoms with Crippen molar-refractivity contribution < 1.29 is 0 Å². The lowest BCUT2D eigenvalue weighted by Gasteiger charge is -2.18. The summed E-state index contributed by atoms with van der Waals surface area (Å²) in [6.45, 7) is 4.42. The Labute approximate surface area is 116 Å². The van der Waals surface area contributed by atoms with E-state index < -0.39 is 0 Å². The molecule has 1 atom stereocenters. The van der Waals surface area contributed by atoms with Crippen molar-refractivity contribution >= 4 is 11.8 Å². The maximum Gasteiger partial charge on any atom is 0.0162 e. The Balaban J connectivity index is 2.28. The quantitative estimate of drug-likeness (QED) is 0.692. The number of benzene rings is 1. The van der Waals surface area contributed by atoms with Gasteiger partial charge in [0.15, 0.2) is 0 Å². The second kappa shape index (κ2) is 9.42. The largest absolute Gasteiger partial charge is 0.313 e. The minimum Gasteiger partial charge on any atom is -0.313 e. The molecule has 0 radical (unpaired) electrons. The molecule has 0 heterocycles. The highest BCUT2D eigenvalue weighted by Gasteiger charge is 2.07. The average Bonchev–Trinajstić information content (AvgIpc) is 2.37. The van der Waals surface area contributed by atoms with Gasteiger partial charge in [0.1, 0.15) is 0 Å². The van der Waals surface area contributed by atoms with E-state index in [2.05, 4.69) is 61.6 Å². The van der Waals surface area contributed by atoms with Crippen molar-refractivity contribution in [2.75, 3.05) is 32.9 Å². The third-order valence-electron chi connectivity index (χ3n) is 2.85. The number of hydrogen-bond acceptors (Lipinski definition) is 3. The first-order chi connectivity index (χ1) is 8.72. The smallest absolute Gasteiger partial charge is 0.0162 e. The first kappa shape index (κ1) is 15.5. The van der Waals surface area contributed by atoms with E-state index in [1.165, 1.54) is 24.3 Å². The molecule has 0 saturated carbocycles. The Bertz CT molecular complexity index is 301. The summed E-state index contributed by atoms with van der Waals surface area (Å²) in [5.74, 6) is 1.16. The van der Waals surface area contributed by atoms with Gasteiger partial charge >= 0.3 is 0 Å². The van der Waals surface area contributed by atoms with Crippen LogP contribution < -0.4 is 5.32 Å². The third-order valence-corrected chi connectivity index (χ3v) is 4.02. The molecule has 0 spiro atoms. The van der Waals surface area contributed by atoms with E-state index >= 15 is 0 Å². The Morgan fingerprint density at radius 2 is 1.94 bits per heavy atom. The maximum atomic E-state index is 3.59. The Morgan fingerprint density at radius 3 is 2.56 bits per heavy atom. The summed E-state index contributed by atoms with van der Waals surface area (Å²) in [5, 5.41) is 3.59. The van der Waals surface area contributed by atoms with Crippen LogP contribution in [0.1, 0.15) is 19.8 Å². The molecule has 0 aromatic heterocycles. The zero-order chi connectivity index (χ0) is 13.2. The molecular weight excluding hydrogens is 240 g/mol. The number of nitrogens with zero attached hydrogens (tertiary/aromatic N) is 1. The van der Waals surface area contributed by atoms with Gasteiger partial charge in [0.05, 0.1) is 0 Å². The predicted octanol–water partition coefficient (Wildman–Crippen LogP) is 3.10. The SMILES string of the molecule is CCN[C@H](CCCN(C)C)CSc1ccccc1. The van der Waals surface area contributed by atoms with Gasteiger partial charge in [-0.05, 0) is 52.2 Å². The minimum atomic E-state index is 0.625. The van der Waals surface area contributed by atoms with Crippen LogP contribution in [-0.4, -0.2) is 43.9 Å². The number of hydrogen-bond donors (Lipinski definition) is 1. The number of rotatable bonds is 9. The number of nitrogens with one attached hydrogen (secondary N) is 1. The molecule has 18 heavy (non-hydrogen) atoms. The fraction of sp³-hybridized carbons (Fsp3) is 0.600. The molecule has 0 fully saturated rings. The first-order valence-corrected chi connectivity index (χ1v) is 7.77. The van der Waals surface area contributed by atoms with E-state index in [1.807, 2.05) is 11.8 Å². The van der Waals surface area contributed by atoms with Gasteiger partial charge in [-0.3, -0.25) is 0 Å². The summed E-state index contributed by atoms with van der Waals surface area (Å²) in [4.78, 5) is 3.63. The topological polar surface area (TPSA) is 15.3 Å². The van der Waals surface area contributed by atoms with Crippen LogP contribution in [0.15, 0.2) is 35.2 Å². The van der Waals surface area contributed by atoms with Gasteiger partial charge in [-0.2, -0.15) is 0 Å². The summed E-state index contributed by atoms with van der Waals surface area (Å²) in [7, 11) is 4.28. The van der Waals surface area contributed by atoms with Gasteiger partial charge in [-0.25, -0.2) is 0 Å². The van der Waals surface area contributed by atoms with Crippen LogP contribution in [0.5, 0.6) is 0 Å². The summed E-state index contributed by atoms with van der Waals surface area (Å²) in [6.07, 6.45) is 2.52. The van der Waals surface area contributed by atoms with Crippen molar-refractivity contribution in [1.29, 1.82) is 0 Å². The molecule has 102 valence electrons. The highest BCUT2D eigenvalue weighted by Crippen LogP contribution is 2.19. The molecular formula is C15H26N2S. The van der Waals surface area contributed by atoms with Crippen LogP contribution in [0.3, 0.4) is 0 Å². The van der Waals surface area contributed by atoms with Crippen molar-refractivity contribution in [2.24, 2.45) is 0 Å². The van der Waals surface area contributed by atoms with Gasteiger partial charge in [0.25, 0.3) is 0 Å². The fourth-order valence-electron chi connectivity index (χ4n) is 1.90. The van der Waals surface area contributed by atoms with Crippen molar-refractivity contribution in [3.8, 4) is 0 Å². The average molecular weight is 266 g/mol. The van der Waals surface area contributed by atoms with Crippen LogP contribution in [0.2, 0.25) is 0 Å². The van der Waals surface area contributed by atoms with E-state index in [0.717, 1.165) is 12.3 Å². The number of thioether (sulfide) groups is 1. The molecule has 3 heteroatoms. The van der Waals surface area contributed by atoms with Crippen molar-refractivity contribution in [1.82, 2.24) is 10.2 Å². The van der Waals surface area contributed by atoms with Gasteiger partial charge < -0.3 is 10.2 Å². The second-order valence-corrected chi connectivity index (χ2v) is 5.92. The van der Waals surface area contributed by atoms with Crippen LogP contribution in [0.25, 0.3) is 0 Å². The van der Waals surface area contributed by atoms with Gasteiger partial charge in [0.2, 0.25) is 0 Å². The van der Waals surface area contributed by atoms with Gasteiger partial charge in [-0.1, -0.05) is 25.1 Å². The monoisotopic (exact) mass is 266 g/mol. The Morgan fingerprint density at radius 1 is 1.22 bits per heavy atom. The molecule has 0 bridgehead atoms. The van der Waals surface area contributed by atoms with E-state index in [1.54, 1.807) is 0 Å². The Kier molecular flexibility index (Phi) is 8.14. The van der Waals surface area contributed by atoms with Crippen LogP contribution in [0, 0.1) is 0 Å². The molecule has 0 unspecified atom stereocenters. The van der Waals surface area contributed by atoms with Crippen LogP contribution in [0.4, 0.5) is 0 Å². The predicted molar refractivity (Wildman–Crippen MR) is 82.4 cm³/mol. The zero-order valence-electron chi connectivity index (χ0n) is 11.9. The summed E-state index contributed by atoms with van der Waals surface area (Å²) in [6, 6.07) is 11.3. The molecule has 0 saturated heterocycles. The highest BCUT2D eigenvalue weighted by atomic mass is 32.2. The second-order valence-electron chi connectivity index (χ2n) is 4.82. The zero-order valence-corrected chi connectivity index (χ0v) is 12.7. The lowest BCUT2D eigenvalue weighted by molar-refractivity contribution is 0.378. The molecule has 2 nitrogen and oxygen atoms in total. The standard InChI is InChI=1S/C15H26N2S/c1-4-16-14(9-8-12-17(2)3)13-18-15-10-6-5-7-11-15/h5-7,10-11,14,16H,4,8-9,12-13H2,1-3H3/t14-/m1/s1. The van der Waals surface area contributed by atoms with Crippen LogP contribution in [-0.2, 0) is 0 Å². The van der Waals surface area contributed by atoms with E-state index in [0.29, 0.717) is 6.04 Å². The molecule has 1 rings (SSSR count). The van der Waals surface area contributed by atoms with E-state index in [-0.39, 0.29) is 0 Å². The fourth-order valence-corrected chi connectivity index (χ4v) is 2.93. The normalized spacial score (nSPS) is 12.9. The van der Waals surface area contributed by atoms with Gasteiger partial charge in [-0.15, -0.1) is 11.8 Å². The van der Waals surface area contributed by atoms with E-state index in [4.69, 9.17) is 0 Å². The van der Waals surface area contributed by atoms with Crippen molar-refractivity contribution in [3.63, 3.8) is 0 Å². The molecule has 0 aliphatic carbocycles. The summed E-state index contributed by atoms with van der Waals surface area (Å²) >= 11 is 1.95. The van der Waals surface area contributed by atoms with Gasteiger partial charge in [0, 0.05) is 16.7 Å². The van der Waals surface area contributed by atoms with E-state index in [9.17, 15) is 0 Å². The minimum absolute atomic E-state index is 0.625. The molecule has 1 N–H and O–H groups in total. The summed E-state index contributed by atoms with van der Waals surface area (Å²) < 4.78 is 0. The third kappa shape index (κ3) is 7.04. The highest BCUT2D eigenvalue weighted by molar-refractivity contribution is 7.99. The van der Waals surface area contributed by atoms with Crippen molar-refractivity contribution in [2.45, 2.75) is 30.7 Å². The Hall–Kier alpha value is -0.510. The molecule has 0 amide bonds.